The molecule has 0 unspecified atom stereocenters. The topological polar surface area (TPSA) is 118 Å². The molecule has 252 valence electrons. The lowest BCUT2D eigenvalue weighted by molar-refractivity contribution is -0.141. The van der Waals surface area contributed by atoms with Crippen LogP contribution in [0.4, 0.5) is 49.5 Å². The third-order valence-electron chi connectivity index (χ3n) is 8.59. The van der Waals surface area contributed by atoms with Crippen LogP contribution in [0.1, 0.15) is 47.4 Å². The first kappa shape index (κ1) is 32.2. The third kappa shape index (κ3) is 7.21. The minimum absolute atomic E-state index is 0.0557. The number of halogens is 6. The second-order valence-electron chi connectivity index (χ2n) is 11.9. The molecule has 0 spiro atoms. The highest BCUT2D eigenvalue weighted by molar-refractivity contribution is 5.56. The molecule has 2 aromatic heterocycles. The van der Waals surface area contributed by atoms with Crippen molar-refractivity contribution in [2.45, 2.75) is 61.7 Å². The molecule has 10 nitrogen and oxygen atoms in total. The van der Waals surface area contributed by atoms with Crippen molar-refractivity contribution in [2.75, 3.05) is 23.7 Å². The van der Waals surface area contributed by atoms with E-state index in [0.29, 0.717) is 36.2 Å². The van der Waals surface area contributed by atoms with Gasteiger partial charge in [0.15, 0.2) is 5.69 Å². The Bertz CT molecular complexity index is 1560. The molecule has 48 heavy (non-hydrogen) atoms. The number of rotatable bonds is 6. The first-order valence-electron chi connectivity index (χ1n) is 15.3. The highest BCUT2D eigenvalue weighted by atomic mass is 19.4. The van der Waals surface area contributed by atoms with Gasteiger partial charge in [-0.2, -0.15) is 26.3 Å². The number of fused-ring (bicyclic) bond motifs is 4. The summed E-state index contributed by atoms with van der Waals surface area (Å²) >= 11 is 0. The van der Waals surface area contributed by atoms with Gasteiger partial charge in [0.1, 0.15) is 5.82 Å². The van der Waals surface area contributed by atoms with Crippen molar-refractivity contribution >= 4 is 23.1 Å². The number of aromatic nitrogens is 4. The van der Waals surface area contributed by atoms with E-state index in [1.807, 2.05) is 48.5 Å². The monoisotopic (exact) mass is 672 g/mol. The fourth-order valence-corrected chi connectivity index (χ4v) is 6.23. The van der Waals surface area contributed by atoms with Crippen molar-refractivity contribution in [1.82, 2.24) is 30.6 Å². The Morgan fingerprint density at radius 1 is 0.604 bits per heavy atom. The predicted octanol–water partition coefficient (Wildman–Crippen LogP) is 6.08. The molecule has 0 amide bonds. The first-order valence-corrected chi connectivity index (χ1v) is 15.3. The van der Waals surface area contributed by atoms with Crippen LogP contribution in [-0.4, -0.2) is 57.3 Å². The maximum absolute atomic E-state index is 12.5. The molecule has 4 fully saturated rings. The number of anilines is 4. The lowest BCUT2D eigenvalue weighted by atomic mass is 10.0. The van der Waals surface area contributed by atoms with Crippen LogP contribution in [-0.2, 0) is 21.8 Å². The van der Waals surface area contributed by atoms with Crippen molar-refractivity contribution < 1.29 is 35.8 Å². The van der Waals surface area contributed by atoms with Gasteiger partial charge in [0, 0.05) is 48.9 Å². The van der Waals surface area contributed by atoms with E-state index in [1.54, 1.807) is 0 Å². The summed E-state index contributed by atoms with van der Waals surface area (Å²) in [5.41, 5.74) is 1.71. The van der Waals surface area contributed by atoms with Gasteiger partial charge >= 0.3 is 12.4 Å². The first-order chi connectivity index (χ1) is 23.0. The van der Waals surface area contributed by atoms with Crippen LogP contribution in [0.25, 0.3) is 0 Å². The van der Waals surface area contributed by atoms with Gasteiger partial charge in [0.25, 0.3) is 0 Å². The van der Waals surface area contributed by atoms with Gasteiger partial charge in [-0.15, -0.1) is 0 Å². The summed E-state index contributed by atoms with van der Waals surface area (Å²) in [4.78, 5) is 14.5. The molecule has 4 aliphatic rings. The molecular formula is C32H30F6N8O2. The molecule has 2 aromatic carbocycles. The Morgan fingerprint density at radius 2 is 1.12 bits per heavy atom. The molecule has 0 saturated carbocycles. The molecule has 6 heterocycles. The standard InChI is InChI=1S/2C16H15F3N4O/c17-16(18,19)10-6-21-15(22-7-10)23-11-3-1-9(2-4-11)14-13-5-12(24-14)8-20-13;17-16(18,19)13-7-22-14(8-21-13)23-10-3-1-9(2-4-10)15-12-5-11(24-15)6-20-12/h1-4,6-7,12-14,20H,5,8H2,(H,21,22,23);1-4,7-8,11-12,15,20H,5-6H2,(H,22,23)/t12-,13-,14+;11-,12-,15+/m00/s1. The van der Waals surface area contributed by atoms with Gasteiger partial charge in [-0.1, -0.05) is 24.3 Å². The van der Waals surface area contributed by atoms with Crippen LogP contribution in [0.2, 0.25) is 0 Å². The molecule has 0 aliphatic carbocycles. The van der Waals surface area contributed by atoms with Crippen LogP contribution in [0, 0.1) is 0 Å². The van der Waals surface area contributed by atoms with Gasteiger partial charge in [-0.3, -0.25) is 0 Å². The van der Waals surface area contributed by atoms with E-state index in [1.165, 1.54) is 0 Å². The number of ether oxygens (including phenoxy) is 2. The molecule has 4 aromatic rings. The molecule has 0 radical (unpaired) electrons. The van der Waals surface area contributed by atoms with Crippen molar-refractivity contribution in [3.05, 3.63) is 95.7 Å². The average Bonchev–Trinajstić information content (AvgIpc) is 3.89. The Hall–Kier alpha value is -4.38. The average molecular weight is 673 g/mol. The quantitative estimate of drug-likeness (QED) is 0.180. The second kappa shape index (κ2) is 12.9. The van der Waals surface area contributed by atoms with Crippen molar-refractivity contribution in [3.63, 3.8) is 0 Å². The van der Waals surface area contributed by atoms with E-state index in [0.717, 1.165) is 61.3 Å². The summed E-state index contributed by atoms with van der Waals surface area (Å²) in [5.74, 6) is 0.377. The number of hydrogen-bond acceptors (Lipinski definition) is 10. The summed E-state index contributed by atoms with van der Waals surface area (Å²) < 4.78 is 86.7. The van der Waals surface area contributed by atoms with Crippen molar-refractivity contribution in [3.8, 4) is 0 Å². The molecule has 8 rings (SSSR count). The zero-order valence-electron chi connectivity index (χ0n) is 25.1. The minimum Gasteiger partial charge on any atom is -0.367 e. The van der Waals surface area contributed by atoms with E-state index in [-0.39, 0.29) is 24.0 Å². The van der Waals surface area contributed by atoms with Gasteiger partial charge in [-0.05, 0) is 48.2 Å². The fraction of sp³-hybridized carbons (Fsp3) is 0.375. The highest BCUT2D eigenvalue weighted by Gasteiger charge is 2.42. The van der Waals surface area contributed by atoms with Crippen LogP contribution >= 0.6 is 0 Å². The zero-order valence-corrected chi connectivity index (χ0v) is 25.1. The van der Waals surface area contributed by atoms with Gasteiger partial charge in [0.05, 0.1) is 42.4 Å². The Balaban J connectivity index is 0.000000152. The van der Waals surface area contributed by atoms with Crippen LogP contribution in [0.5, 0.6) is 0 Å². The van der Waals surface area contributed by atoms with Crippen molar-refractivity contribution in [2.24, 2.45) is 0 Å². The number of benzene rings is 2. The lowest BCUT2D eigenvalue weighted by Crippen LogP contribution is -2.33. The smallest absolute Gasteiger partial charge is 0.367 e. The summed E-state index contributed by atoms with van der Waals surface area (Å²) in [5, 5.41) is 12.7. The third-order valence-corrected chi connectivity index (χ3v) is 8.59. The van der Waals surface area contributed by atoms with E-state index in [9.17, 15) is 26.3 Å². The molecule has 16 heteroatoms. The van der Waals surface area contributed by atoms with E-state index < -0.39 is 23.6 Å². The number of hydrogen-bond donors (Lipinski definition) is 4. The van der Waals surface area contributed by atoms with E-state index in [4.69, 9.17) is 9.47 Å². The zero-order chi connectivity index (χ0) is 33.5. The van der Waals surface area contributed by atoms with Crippen LogP contribution in [0.15, 0.2) is 73.3 Å². The lowest BCUT2D eigenvalue weighted by Gasteiger charge is -2.23. The van der Waals surface area contributed by atoms with Crippen molar-refractivity contribution in [1.29, 1.82) is 0 Å². The SMILES string of the molecule is FC(F)(F)c1cnc(Nc2ccc([C@H]3O[C@@H]4CN[C@H]3C4)cc2)cn1.FC(F)(F)c1cnc(Nc2ccc([C@H]3O[C@@H]4CN[C@H]3C4)cc2)nc1. The molecule has 4 bridgehead atoms. The molecule has 4 N–H and O–H groups in total. The molecular weight excluding hydrogens is 642 g/mol. The van der Waals surface area contributed by atoms with E-state index >= 15 is 0 Å². The Morgan fingerprint density at radius 3 is 1.52 bits per heavy atom. The summed E-state index contributed by atoms with van der Waals surface area (Å²) in [6.07, 6.45) is -2.85. The number of morpholine rings is 2. The number of nitrogens with zero attached hydrogens (tertiary/aromatic N) is 4. The summed E-state index contributed by atoms with van der Waals surface area (Å²) in [7, 11) is 0. The Kier molecular flexibility index (Phi) is 8.66. The predicted molar refractivity (Wildman–Crippen MR) is 162 cm³/mol. The highest BCUT2D eigenvalue weighted by Crippen LogP contribution is 2.38. The molecule has 6 atom stereocenters. The van der Waals surface area contributed by atoms with E-state index in [2.05, 4.69) is 41.2 Å². The molecule has 4 aliphatic heterocycles. The van der Waals surface area contributed by atoms with Gasteiger partial charge < -0.3 is 30.7 Å². The Labute approximate surface area is 270 Å². The van der Waals surface area contributed by atoms with Gasteiger partial charge in [-0.25, -0.2) is 19.9 Å². The fourth-order valence-electron chi connectivity index (χ4n) is 6.23. The normalized spacial score (nSPS) is 25.9. The summed E-state index contributed by atoms with van der Waals surface area (Å²) in [6.45, 7) is 1.82. The summed E-state index contributed by atoms with van der Waals surface area (Å²) in [6, 6.07) is 15.9. The second-order valence-corrected chi connectivity index (χ2v) is 11.9. The van der Waals surface area contributed by atoms with Crippen LogP contribution in [0.3, 0.4) is 0 Å². The maximum atomic E-state index is 12.5. The molecule has 4 saturated heterocycles. The maximum Gasteiger partial charge on any atom is 0.434 e. The number of nitrogens with one attached hydrogen (secondary N) is 4. The minimum atomic E-state index is -4.48. The largest absolute Gasteiger partial charge is 0.434 e. The van der Waals surface area contributed by atoms with Crippen LogP contribution < -0.4 is 21.3 Å². The van der Waals surface area contributed by atoms with Gasteiger partial charge in [0.2, 0.25) is 5.95 Å². The number of alkyl halides is 6.